The van der Waals surface area contributed by atoms with E-state index in [1.165, 1.54) is 16.3 Å². The van der Waals surface area contributed by atoms with Gasteiger partial charge in [-0.05, 0) is 24.6 Å². The number of carbonyl (C=O) groups is 1. The van der Waals surface area contributed by atoms with Crippen LogP contribution in [-0.2, 0) is 17.9 Å². The maximum atomic E-state index is 13.0. The summed E-state index contributed by atoms with van der Waals surface area (Å²) in [5.41, 5.74) is 2.45. The van der Waals surface area contributed by atoms with E-state index in [4.69, 9.17) is 0 Å². The molecule has 1 aromatic heterocycles. The molecule has 1 aliphatic rings. The van der Waals surface area contributed by atoms with Crippen LogP contribution in [0.25, 0.3) is 11.0 Å². The van der Waals surface area contributed by atoms with Crippen LogP contribution in [0.5, 0.6) is 0 Å². The van der Waals surface area contributed by atoms with E-state index in [-0.39, 0.29) is 24.1 Å². The van der Waals surface area contributed by atoms with E-state index >= 15 is 0 Å². The van der Waals surface area contributed by atoms with E-state index in [0.717, 1.165) is 25.2 Å². The Kier molecular flexibility index (Phi) is 5.21. The predicted molar refractivity (Wildman–Crippen MR) is 109 cm³/mol. The number of carbonyl (C=O) groups excluding carboxylic acids is 1. The zero-order valence-corrected chi connectivity index (χ0v) is 16.0. The molecule has 0 bridgehead atoms. The minimum Gasteiger partial charge on any atom is -0.336 e. The second-order valence-corrected chi connectivity index (χ2v) is 7.33. The molecule has 3 aromatic rings. The van der Waals surface area contributed by atoms with Crippen molar-refractivity contribution in [3.05, 3.63) is 76.7 Å². The quantitative estimate of drug-likeness (QED) is 0.700. The molecule has 0 unspecified atom stereocenters. The molecule has 4 rings (SSSR count). The summed E-state index contributed by atoms with van der Waals surface area (Å²) in [7, 11) is 0. The summed E-state index contributed by atoms with van der Waals surface area (Å²) in [5.74, 6) is -0.0229. The zero-order valence-electron chi connectivity index (χ0n) is 16.0. The highest BCUT2D eigenvalue weighted by molar-refractivity contribution is 5.80. The molecule has 0 N–H and O–H groups in total. The second kappa shape index (κ2) is 7.94. The maximum Gasteiger partial charge on any atom is 0.269 e. The van der Waals surface area contributed by atoms with Crippen molar-refractivity contribution in [1.82, 2.24) is 19.4 Å². The Bertz CT molecular complexity index is 1030. The van der Waals surface area contributed by atoms with E-state index in [2.05, 4.69) is 41.1 Å². The highest BCUT2D eigenvalue weighted by atomic mass is 16.2. The third-order valence-electron chi connectivity index (χ3n) is 5.33. The number of aromatic nitrogens is 2. The third-order valence-corrected chi connectivity index (χ3v) is 5.33. The van der Waals surface area contributed by atoms with Crippen molar-refractivity contribution in [3.8, 4) is 0 Å². The minimum atomic E-state index is -0.248. The molecule has 0 aliphatic carbocycles. The molecular formula is C22H24N4O2. The smallest absolute Gasteiger partial charge is 0.269 e. The highest BCUT2D eigenvalue weighted by Crippen LogP contribution is 2.15. The minimum absolute atomic E-state index is 0.0229. The van der Waals surface area contributed by atoms with Crippen LogP contribution in [0.1, 0.15) is 12.5 Å². The van der Waals surface area contributed by atoms with Crippen molar-refractivity contribution in [2.75, 3.05) is 19.6 Å². The number of amides is 1. The molecule has 2 heterocycles. The summed E-state index contributed by atoms with van der Waals surface area (Å²) < 4.78 is 1.52. The molecule has 2 aromatic carbocycles. The molecule has 0 radical (unpaired) electrons. The molecule has 1 fully saturated rings. The molecule has 1 amide bonds. The van der Waals surface area contributed by atoms with Crippen LogP contribution in [-0.4, -0.2) is 50.9 Å². The molecule has 28 heavy (non-hydrogen) atoms. The number of benzene rings is 2. The van der Waals surface area contributed by atoms with E-state index in [9.17, 15) is 9.59 Å². The number of hydrogen-bond donors (Lipinski definition) is 0. The molecule has 6 nitrogen and oxygen atoms in total. The Morgan fingerprint density at radius 2 is 1.82 bits per heavy atom. The van der Waals surface area contributed by atoms with E-state index < -0.39 is 0 Å². The standard InChI is InChI=1S/C22H24N4O2/c1-17-14-24(15-18-7-3-2-4-8-18)11-12-25(17)22(28)16-26-20-10-6-5-9-19(20)23-13-21(26)27/h2-10,13,17H,11-12,14-16H2,1H3/t17-/m1/s1. The van der Waals surface area contributed by atoms with Crippen LogP contribution in [0.15, 0.2) is 65.6 Å². The number of nitrogens with zero attached hydrogens (tertiary/aromatic N) is 4. The highest BCUT2D eigenvalue weighted by Gasteiger charge is 2.27. The van der Waals surface area contributed by atoms with Crippen molar-refractivity contribution in [3.63, 3.8) is 0 Å². The largest absolute Gasteiger partial charge is 0.336 e. The van der Waals surface area contributed by atoms with Crippen LogP contribution in [0.4, 0.5) is 0 Å². The SMILES string of the molecule is C[C@@H]1CN(Cc2ccccc2)CCN1C(=O)Cn1c(=O)cnc2ccccc21. The van der Waals surface area contributed by atoms with Crippen LogP contribution >= 0.6 is 0 Å². The molecule has 1 atom stereocenters. The van der Waals surface area contributed by atoms with E-state index in [1.807, 2.05) is 35.2 Å². The fraction of sp³-hybridized carbons (Fsp3) is 0.318. The monoisotopic (exact) mass is 376 g/mol. The lowest BCUT2D eigenvalue weighted by atomic mass is 10.1. The van der Waals surface area contributed by atoms with Gasteiger partial charge in [-0.3, -0.25) is 19.1 Å². The number of fused-ring (bicyclic) bond motifs is 1. The molecule has 6 heteroatoms. The van der Waals surface area contributed by atoms with Crippen molar-refractivity contribution in [1.29, 1.82) is 0 Å². The fourth-order valence-corrected chi connectivity index (χ4v) is 3.89. The van der Waals surface area contributed by atoms with Gasteiger partial charge in [-0.1, -0.05) is 42.5 Å². The van der Waals surface area contributed by atoms with Crippen LogP contribution in [0.3, 0.4) is 0 Å². The summed E-state index contributed by atoms with van der Waals surface area (Å²) in [4.78, 5) is 33.7. The van der Waals surface area contributed by atoms with Gasteiger partial charge in [0.25, 0.3) is 5.56 Å². The summed E-state index contributed by atoms with van der Waals surface area (Å²) in [6.45, 7) is 5.34. The summed E-state index contributed by atoms with van der Waals surface area (Å²) in [6, 6.07) is 17.9. The third kappa shape index (κ3) is 3.82. The number of rotatable bonds is 4. The van der Waals surface area contributed by atoms with Crippen LogP contribution < -0.4 is 5.56 Å². The number of hydrogen-bond acceptors (Lipinski definition) is 4. The van der Waals surface area contributed by atoms with Gasteiger partial charge in [-0.2, -0.15) is 0 Å². The van der Waals surface area contributed by atoms with E-state index in [0.29, 0.717) is 12.1 Å². The van der Waals surface area contributed by atoms with Gasteiger partial charge in [0.2, 0.25) is 5.91 Å². The van der Waals surface area contributed by atoms with Crippen LogP contribution in [0, 0.1) is 0 Å². The van der Waals surface area contributed by atoms with E-state index in [1.54, 1.807) is 0 Å². The lowest BCUT2D eigenvalue weighted by Gasteiger charge is -2.40. The average Bonchev–Trinajstić information content (AvgIpc) is 2.71. The van der Waals surface area contributed by atoms with Gasteiger partial charge in [0.05, 0.1) is 17.2 Å². The Morgan fingerprint density at radius 3 is 2.61 bits per heavy atom. The molecule has 0 spiro atoms. The van der Waals surface area contributed by atoms with Crippen molar-refractivity contribution in [2.45, 2.75) is 26.1 Å². The lowest BCUT2D eigenvalue weighted by molar-refractivity contribution is -0.136. The molecule has 1 saturated heterocycles. The second-order valence-electron chi connectivity index (χ2n) is 7.33. The maximum absolute atomic E-state index is 13.0. The summed E-state index contributed by atoms with van der Waals surface area (Å²) in [5, 5.41) is 0. The molecule has 1 aliphatic heterocycles. The molecule has 0 saturated carbocycles. The predicted octanol–water partition coefficient (Wildman–Crippen LogP) is 2.13. The Balaban J connectivity index is 1.45. The topological polar surface area (TPSA) is 58.4 Å². The summed E-state index contributed by atoms with van der Waals surface area (Å²) >= 11 is 0. The Morgan fingerprint density at radius 1 is 1.07 bits per heavy atom. The lowest BCUT2D eigenvalue weighted by Crippen LogP contribution is -2.54. The molecule has 144 valence electrons. The number of para-hydroxylation sites is 2. The van der Waals surface area contributed by atoms with Crippen molar-refractivity contribution in [2.24, 2.45) is 0 Å². The van der Waals surface area contributed by atoms with Gasteiger partial charge >= 0.3 is 0 Å². The van der Waals surface area contributed by atoms with Gasteiger partial charge < -0.3 is 4.90 Å². The first-order valence-corrected chi connectivity index (χ1v) is 9.62. The van der Waals surface area contributed by atoms with Gasteiger partial charge in [0.1, 0.15) is 6.54 Å². The first-order chi connectivity index (χ1) is 13.6. The Hall–Kier alpha value is -2.99. The number of piperazine rings is 1. The average molecular weight is 376 g/mol. The van der Waals surface area contributed by atoms with Gasteiger partial charge in [0.15, 0.2) is 0 Å². The van der Waals surface area contributed by atoms with Gasteiger partial charge in [-0.15, -0.1) is 0 Å². The molecular weight excluding hydrogens is 352 g/mol. The van der Waals surface area contributed by atoms with Crippen molar-refractivity contribution < 1.29 is 4.79 Å². The normalized spacial score (nSPS) is 17.8. The zero-order chi connectivity index (χ0) is 19.5. The fourth-order valence-electron chi connectivity index (χ4n) is 3.89. The summed E-state index contributed by atoms with van der Waals surface area (Å²) in [6.07, 6.45) is 1.29. The van der Waals surface area contributed by atoms with Gasteiger partial charge in [0, 0.05) is 32.2 Å². The first-order valence-electron chi connectivity index (χ1n) is 9.62. The Labute approximate surface area is 164 Å². The van der Waals surface area contributed by atoms with Gasteiger partial charge in [-0.25, -0.2) is 4.98 Å². The van der Waals surface area contributed by atoms with Crippen molar-refractivity contribution >= 4 is 16.9 Å². The first kappa shape index (κ1) is 18.4. The van der Waals surface area contributed by atoms with Crippen LogP contribution in [0.2, 0.25) is 0 Å².